The monoisotopic (exact) mass is 1250 g/mol. The van der Waals surface area contributed by atoms with Crippen LogP contribution in [0.3, 0.4) is 0 Å². The van der Waals surface area contributed by atoms with E-state index >= 15 is 0 Å². The normalized spacial score (nSPS) is 12.4. The van der Waals surface area contributed by atoms with E-state index in [4.69, 9.17) is 4.74 Å². The summed E-state index contributed by atoms with van der Waals surface area (Å²) in [6, 6.07) is -0.624. The molecule has 0 aromatic rings. The lowest BCUT2D eigenvalue weighted by Crippen LogP contribution is -2.45. The largest absolute Gasteiger partial charge is 0.466 e. The molecule has 0 saturated heterocycles. The molecule has 0 rings (SSSR count). The molecule has 0 aliphatic rings. The van der Waals surface area contributed by atoms with Crippen molar-refractivity contribution in [3.05, 3.63) is 12.2 Å². The number of nitrogens with one attached hydrogen (secondary N) is 1. The zero-order valence-corrected chi connectivity index (χ0v) is 61.0. The molecule has 0 spiro atoms. The Labute approximate surface area is 559 Å². The first-order chi connectivity index (χ1) is 44.0. The van der Waals surface area contributed by atoms with E-state index < -0.39 is 12.1 Å². The maximum atomic E-state index is 12.5. The van der Waals surface area contributed by atoms with Crippen molar-refractivity contribution < 1.29 is 24.5 Å². The van der Waals surface area contributed by atoms with Gasteiger partial charge in [0.1, 0.15) is 0 Å². The van der Waals surface area contributed by atoms with E-state index in [0.717, 1.165) is 38.5 Å². The number of aliphatic hydroxyl groups is 2. The molecule has 6 nitrogen and oxygen atoms in total. The van der Waals surface area contributed by atoms with Gasteiger partial charge in [0.2, 0.25) is 5.91 Å². The van der Waals surface area contributed by atoms with E-state index in [9.17, 15) is 19.8 Å². The Kier molecular flexibility index (Phi) is 77.8. The van der Waals surface area contributed by atoms with Crippen molar-refractivity contribution in [2.24, 2.45) is 0 Å². The minimum Gasteiger partial charge on any atom is -0.466 e. The number of carbonyl (C=O) groups excluding carboxylic acids is 2. The maximum Gasteiger partial charge on any atom is 0.305 e. The first kappa shape index (κ1) is 87.6. The molecule has 0 aromatic carbocycles. The van der Waals surface area contributed by atoms with Crippen molar-refractivity contribution in [2.45, 2.75) is 495 Å². The molecule has 0 radical (unpaired) electrons. The summed E-state index contributed by atoms with van der Waals surface area (Å²) in [4.78, 5) is 24.7. The average Bonchev–Trinajstić information content (AvgIpc) is 3.65. The van der Waals surface area contributed by atoms with Gasteiger partial charge >= 0.3 is 5.97 Å². The van der Waals surface area contributed by atoms with Gasteiger partial charge in [0.25, 0.3) is 0 Å². The molecule has 0 heterocycles. The Morgan fingerprint density at radius 1 is 0.303 bits per heavy atom. The fourth-order valence-corrected chi connectivity index (χ4v) is 13.5. The van der Waals surface area contributed by atoms with Gasteiger partial charge in [-0.15, -0.1) is 0 Å². The lowest BCUT2D eigenvalue weighted by atomic mass is 10.0. The maximum absolute atomic E-state index is 12.5. The van der Waals surface area contributed by atoms with E-state index in [-0.39, 0.29) is 18.5 Å². The van der Waals surface area contributed by atoms with Gasteiger partial charge in [-0.1, -0.05) is 450 Å². The SMILES string of the molecule is CCCCCCCCCCCCCCCCCCCCC/C=C/C(O)C(CO)NC(=O)CCCCCCCCCCCCCCCCCCCCCCCCCCCCCCCCCCCCCOC(=O)CCCCCCCCCCCCCCCCCC. The van der Waals surface area contributed by atoms with E-state index in [1.165, 1.54) is 417 Å². The predicted octanol–water partition coefficient (Wildman–Crippen LogP) is 27.4. The van der Waals surface area contributed by atoms with Crippen molar-refractivity contribution in [1.82, 2.24) is 5.32 Å². The van der Waals surface area contributed by atoms with Crippen molar-refractivity contribution in [2.75, 3.05) is 13.2 Å². The summed E-state index contributed by atoms with van der Waals surface area (Å²) in [5.74, 6) is -0.0300. The lowest BCUT2D eigenvalue weighted by molar-refractivity contribution is -0.143. The first-order valence-electron chi connectivity index (χ1n) is 41.5. The van der Waals surface area contributed by atoms with Gasteiger partial charge in [-0.2, -0.15) is 0 Å². The number of hydrogen-bond acceptors (Lipinski definition) is 5. The van der Waals surface area contributed by atoms with Crippen LogP contribution in [0.25, 0.3) is 0 Å². The van der Waals surface area contributed by atoms with Gasteiger partial charge in [-0.25, -0.2) is 0 Å². The van der Waals surface area contributed by atoms with Gasteiger partial charge < -0.3 is 20.3 Å². The van der Waals surface area contributed by atoms with Gasteiger partial charge in [0.05, 0.1) is 25.4 Å². The minimum absolute atomic E-state index is 0.0272. The highest BCUT2D eigenvalue weighted by molar-refractivity contribution is 5.76. The van der Waals surface area contributed by atoms with E-state index in [1.807, 2.05) is 6.08 Å². The molecular weight excluding hydrogens is 1090 g/mol. The van der Waals surface area contributed by atoms with Crippen molar-refractivity contribution in [3.63, 3.8) is 0 Å². The minimum atomic E-state index is -0.841. The third kappa shape index (κ3) is 75.5. The van der Waals surface area contributed by atoms with Crippen LogP contribution in [0.1, 0.15) is 483 Å². The number of aliphatic hydroxyl groups excluding tert-OH is 2. The second-order valence-electron chi connectivity index (χ2n) is 28.8. The fourth-order valence-electron chi connectivity index (χ4n) is 13.5. The van der Waals surface area contributed by atoms with Crippen LogP contribution < -0.4 is 5.32 Å². The lowest BCUT2D eigenvalue weighted by Gasteiger charge is -2.20. The Morgan fingerprint density at radius 2 is 0.517 bits per heavy atom. The average molecular weight is 1260 g/mol. The van der Waals surface area contributed by atoms with Crippen LogP contribution in [0.5, 0.6) is 0 Å². The molecule has 0 aliphatic heterocycles. The first-order valence-corrected chi connectivity index (χ1v) is 41.5. The highest BCUT2D eigenvalue weighted by atomic mass is 16.5. The molecule has 0 aromatic heterocycles. The number of amides is 1. The third-order valence-electron chi connectivity index (χ3n) is 19.8. The van der Waals surface area contributed by atoms with Gasteiger partial charge in [0, 0.05) is 12.8 Å². The molecule has 530 valence electrons. The fraction of sp³-hybridized carbons (Fsp3) is 0.952. The summed E-state index contributed by atoms with van der Waals surface area (Å²) in [7, 11) is 0. The number of ether oxygens (including phenoxy) is 1. The number of hydrogen-bond donors (Lipinski definition) is 3. The molecule has 3 N–H and O–H groups in total. The summed E-state index contributed by atoms with van der Waals surface area (Å²) in [5.41, 5.74) is 0. The smallest absolute Gasteiger partial charge is 0.305 e. The van der Waals surface area contributed by atoms with Gasteiger partial charge in [0.15, 0.2) is 0 Å². The Bertz CT molecular complexity index is 1350. The van der Waals surface area contributed by atoms with E-state index in [0.29, 0.717) is 19.4 Å². The van der Waals surface area contributed by atoms with Crippen molar-refractivity contribution >= 4 is 11.9 Å². The van der Waals surface area contributed by atoms with Crippen LogP contribution in [-0.4, -0.2) is 47.4 Å². The molecule has 0 saturated carbocycles. The molecule has 0 aliphatic carbocycles. The molecule has 1 amide bonds. The quantitative estimate of drug-likeness (QED) is 0.0320. The zero-order chi connectivity index (χ0) is 64.2. The van der Waals surface area contributed by atoms with Crippen molar-refractivity contribution in [1.29, 1.82) is 0 Å². The molecular formula is C83H163NO5. The second kappa shape index (κ2) is 79.0. The molecule has 2 unspecified atom stereocenters. The van der Waals surface area contributed by atoms with Crippen LogP contribution in [0, 0.1) is 0 Å². The van der Waals surface area contributed by atoms with Crippen LogP contribution in [0.4, 0.5) is 0 Å². The Hall–Kier alpha value is -1.40. The van der Waals surface area contributed by atoms with E-state index in [1.54, 1.807) is 6.08 Å². The van der Waals surface area contributed by atoms with Gasteiger partial charge in [-0.05, 0) is 32.1 Å². The highest BCUT2D eigenvalue weighted by Crippen LogP contribution is 2.21. The molecule has 0 fully saturated rings. The summed E-state index contributed by atoms with van der Waals surface area (Å²) < 4.78 is 5.51. The number of carbonyl (C=O) groups is 2. The Balaban J connectivity index is 3.32. The Morgan fingerprint density at radius 3 is 0.764 bits per heavy atom. The predicted molar refractivity (Wildman–Crippen MR) is 394 cm³/mol. The van der Waals surface area contributed by atoms with Crippen LogP contribution in [0.15, 0.2) is 12.2 Å². The molecule has 89 heavy (non-hydrogen) atoms. The van der Waals surface area contributed by atoms with Crippen LogP contribution in [-0.2, 0) is 14.3 Å². The second-order valence-corrected chi connectivity index (χ2v) is 28.8. The van der Waals surface area contributed by atoms with Crippen molar-refractivity contribution in [3.8, 4) is 0 Å². The summed E-state index contributed by atoms with van der Waals surface area (Å²) in [6.45, 7) is 4.97. The number of esters is 1. The molecule has 0 bridgehead atoms. The van der Waals surface area contributed by atoms with Crippen LogP contribution >= 0.6 is 0 Å². The summed E-state index contributed by atoms with van der Waals surface area (Å²) in [5, 5.41) is 23.3. The number of allylic oxidation sites excluding steroid dienone is 1. The zero-order valence-electron chi connectivity index (χ0n) is 61.0. The van der Waals surface area contributed by atoms with E-state index in [2.05, 4.69) is 19.2 Å². The van der Waals surface area contributed by atoms with Crippen LogP contribution in [0.2, 0.25) is 0 Å². The standard InChI is InChI=1S/C83H163NO5/c1-3-5-7-9-11-13-15-17-19-21-22-38-41-44-47-51-55-59-63-67-71-75-81(86)80(79-85)84-82(87)76-72-68-64-60-56-52-48-45-42-39-36-34-32-30-28-26-24-23-25-27-29-31-33-35-37-40-43-46-50-54-58-62-66-70-74-78-89-83(88)77-73-69-65-61-57-53-49-20-18-16-14-12-10-8-6-4-2/h71,75,80-81,85-86H,3-70,72-74,76-79H2,1-2H3,(H,84,87)/b75-71+. The summed E-state index contributed by atoms with van der Waals surface area (Å²) >= 11 is 0. The third-order valence-corrected chi connectivity index (χ3v) is 19.8. The highest BCUT2D eigenvalue weighted by Gasteiger charge is 2.18. The van der Waals surface area contributed by atoms with Gasteiger partial charge in [-0.3, -0.25) is 9.59 Å². The molecule has 6 heteroatoms. The topological polar surface area (TPSA) is 95.9 Å². The molecule has 2 atom stereocenters. The summed E-state index contributed by atoms with van der Waals surface area (Å²) in [6.07, 6.45) is 101. The number of rotatable bonds is 79. The number of unbranched alkanes of at least 4 members (excludes halogenated alkanes) is 68.